The Morgan fingerprint density at radius 2 is 2.23 bits per heavy atom. The second-order valence-corrected chi connectivity index (χ2v) is 7.75. The van der Waals surface area contributed by atoms with Crippen LogP contribution in [0.5, 0.6) is 0 Å². The molecule has 0 aromatic rings. The van der Waals surface area contributed by atoms with Gasteiger partial charge in [-0.25, -0.2) is 4.79 Å². The maximum Gasteiger partial charge on any atom is 0.315 e. The number of hydrogen-bond acceptors (Lipinski definition) is 4. The highest BCUT2D eigenvalue weighted by Gasteiger charge is 2.42. The lowest BCUT2D eigenvalue weighted by Crippen LogP contribution is -2.45. The minimum atomic E-state index is -0.0271. The third-order valence-electron chi connectivity index (χ3n) is 4.74. The zero-order valence-corrected chi connectivity index (χ0v) is 13.7. The van der Waals surface area contributed by atoms with Crippen molar-refractivity contribution in [2.24, 2.45) is 0 Å². The zero-order valence-electron chi connectivity index (χ0n) is 12.9. The summed E-state index contributed by atoms with van der Waals surface area (Å²) < 4.78 is 0. The van der Waals surface area contributed by atoms with E-state index in [0.717, 1.165) is 50.9 Å². The Morgan fingerprint density at radius 3 is 3.05 bits per heavy atom. The Hall–Kier alpha value is -0.950. The summed E-state index contributed by atoms with van der Waals surface area (Å²) in [5, 5.41) is 12.9. The first kappa shape index (κ1) is 15.9. The molecule has 4 atom stereocenters. The van der Waals surface area contributed by atoms with E-state index in [2.05, 4.69) is 21.3 Å². The summed E-state index contributed by atoms with van der Waals surface area (Å²) in [4.78, 5) is 23.2. The van der Waals surface area contributed by atoms with Gasteiger partial charge in [0.2, 0.25) is 5.91 Å². The van der Waals surface area contributed by atoms with Crippen LogP contribution in [-0.2, 0) is 4.79 Å². The first-order valence-corrected chi connectivity index (χ1v) is 9.46. The maximum absolute atomic E-state index is 11.9. The number of amides is 3. The number of rotatable bonds is 6. The average Bonchev–Trinajstić information content (AvgIpc) is 3.04. The van der Waals surface area contributed by atoms with Crippen molar-refractivity contribution in [1.82, 2.24) is 21.3 Å². The van der Waals surface area contributed by atoms with Crippen molar-refractivity contribution in [3.8, 4) is 0 Å². The second kappa shape index (κ2) is 7.55. The summed E-state index contributed by atoms with van der Waals surface area (Å²) in [6.45, 7) is 1.97. The van der Waals surface area contributed by atoms with E-state index in [1.54, 1.807) is 0 Å². The van der Waals surface area contributed by atoms with Gasteiger partial charge in [-0.05, 0) is 32.2 Å². The van der Waals surface area contributed by atoms with E-state index in [1.807, 2.05) is 11.8 Å². The van der Waals surface area contributed by atoms with Gasteiger partial charge in [0.25, 0.3) is 0 Å². The number of carbonyl (C=O) groups excluding carboxylic acids is 2. The number of thioether (sulfide) groups is 1. The summed E-state index contributed by atoms with van der Waals surface area (Å²) in [5.41, 5.74) is 0. The molecule has 0 bridgehead atoms. The van der Waals surface area contributed by atoms with Gasteiger partial charge in [-0.2, -0.15) is 11.8 Å². The Morgan fingerprint density at radius 1 is 1.32 bits per heavy atom. The smallest absolute Gasteiger partial charge is 0.315 e. The Labute approximate surface area is 135 Å². The first-order chi connectivity index (χ1) is 10.7. The fourth-order valence-corrected chi connectivity index (χ4v) is 5.09. The normalized spacial score (nSPS) is 33.9. The summed E-state index contributed by atoms with van der Waals surface area (Å²) in [7, 11) is 0. The van der Waals surface area contributed by atoms with Crippen molar-refractivity contribution in [2.75, 3.05) is 18.8 Å². The van der Waals surface area contributed by atoms with E-state index in [1.165, 1.54) is 0 Å². The topological polar surface area (TPSA) is 82.3 Å². The molecule has 3 aliphatic heterocycles. The number of carbonyl (C=O) groups is 2. The molecule has 3 aliphatic rings. The van der Waals surface area contributed by atoms with Gasteiger partial charge in [-0.1, -0.05) is 6.42 Å². The van der Waals surface area contributed by atoms with Crippen molar-refractivity contribution in [3.05, 3.63) is 0 Å². The van der Waals surface area contributed by atoms with E-state index >= 15 is 0 Å². The molecule has 4 N–H and O–H groups in total. The lowest BCUT2D eigenvalue weighted by atomic mass is 10.0. The molecule has 22 heavy (non-hydrogen) atoms. The molecule has 3 rings (SSSR count). The fraction of sp³-hybridized carbons (Fsp3) is 0.867. The lowest BCUT2D eigenvalue weighted by Gasteiger charge is -2.23. The molecule has 0 spiro atoms. The summed E-state index contributed by atoms with van der Waals surface area (Å²) in [6, 6.07) is 0.859. The quantitative estimate of drug-likeness (QED) is 0.425. The van der Waals surface area contributed by atoms with Crippen LogP contribution in [0.15, 0.2) is 0 Å². The Balaban J connectivity index is 1.29. The third-order valence-corrected chi connectivity index (χ3v) is 6.25. The molecular weight excluding hydrogens is 300 g/mol. The fourth-order valence-electron chi connectivity index (χ4n) is 3.55. The van der Waals surface area contributed by atoms with Crippen LogP contribution in [0.4, 0.5) is 4.79 Å². The molecule has 3 saturated heterocycles. The van der Waals surface area contributed by atoms with Gasteiger partial charge in [0.15, 0.2) is 0 Å². The molecule has 6 nitrogen and oxygen atoms in total. The molecule has 124 valence electrons. The Bertz CT molecular complexity index is 414. The zero-order chi connectivity index (χ0) is 15.4. The molecular formula is C15H26N4O2S. The summed E-state index contributed by atoms with van der Waals surface area (Å²) in [6.07, 6.45) is 5.91. The minimum absolute atomic E-state index is 0.0271. The van der Waals surface area contributed by atoms with Crippen LogP contribution in [-0.4, -0.2) is 54.2 Å². The number of nitrogens with one attached hydrogen (secondary N) is 4. The minimum Gasteiger partial charge on any atom is -0.352 e. The van der Waals surface area contributed by atoms with Crippen LogP contribution < -0.4 is 21.3 Å². The van der Waals surface area contributed by atoms with Crippen molar-refractivity contribution in [1.29, 1.82) is 0 Å². The summed E-state index contributed by atoms with van der Waals surface area (Å²) >= 11 is 1.94. The van der Waals surface area contributed by atoms with E-state index in [4.69, 9.17) is 0 Å². The third kappa shape index (κ3) is 4.07. The van der Waals surface area contributed by atoms with Gasteiger partial charge >= 0.3 is 6.03 Å². The predicted octanol–water partition coefficient (Wildman–Crippen LogP) is 0.580. The van der Waals surface area contributed by atoms with Crippen molar-refractivity contribution in [2.45, 2.75) is 61.9 Å². The average molecular weight is 326 g/mol. The van der Waals surface area contributed by atoms with E-state index in [9.17, 15) is 9.59 Å². The molecule has 0 aromatic heterocycles. The molecule has 3 heterocycles. The van der Waals surface area contributed by atoms with Crippen LogP contribution in [0.1, 0.15) is 38.5 Å². The van der Waals surface area contributed by atoms with Crippen LogP contribution >= 0.6 is 11.8 Å². The molecule has 0 aromatic carbocycles. The van der Waals surface area contributed by atoms with Crippen LogP contribution in [0.25, 0.3) is 0 Å². The van der Waals surface area contributed by atoms with Crippen molar-refractivity contribution < 1.29 is 9.59 Å². The first-order valence-electron chi connectivity index (χ1n) is 8.41. The van der Waals surface area contributed by atoms with Crippen LogP contribution in [0.3, 0.4) is 0 Å². The van der Waals surface area contributed by atoms with Gasteiger partial charge < -0.3 is 21.3 Å². The highest BCUT2D eigenvalue weighted by Crippen LogP contribution is 2.33. The SMILES string of the molecule is O=C(CCCC[C@@H]1SC[C@@H]2NC(=O)N[C@@H]21)NC1CCCNC1. The molecule has 0 saturated carbocycles. The standard InChI is InChI=1S/C15H26N4O2S/c20-13(17-10-4-3-7-16-8-10)6-2-1-5-12-14-11(9-22-12)18-15(21)19-14/h10-12,14,16H,1-9H2,(H,17,20)(H2,18,19,21)/t10?,11-,12-,14-/m0/s1. The molecule has 0 radical (unpaired) electrons. The molecule has 3 amide bonds. The van der Waals surface area contributed by atoms with Gasteiger partial charge in [-0.15, -0.1) is 0 Å². The van der Waals surface area contributed by atoms with E-state index in [-0.39, 0.29) is 18.0 Å². The van der Waals surface area contributed by atoms with Crippen LogP contribution in [0, 0.1) is 0 Å². The Kier molecular flexibility index (Phi) is 5.46. The molecule has 3 fully saturated rings. The predicted molar refractivity (Wildman–Crippen MR) is 88.0 cm³/mol. The second-order valence-electron chi connectivity index (χ2n) is 6.48. The number of urea groups is 1. The van der Waals surface area contributed by atoms with Gasteiger partial charge in [0, 0.05) is 30.0 Å². The number of fused-ring (bicyclic) bond motifs is 1. The molecule has 1 unspecified atom stereocenters. The van der Waals surface area contributed by atoms with E-state index < -0.39 is 0 Å². The van der Waals surface area contributed by atoms with Crippen molar-refractivity contribution in [3.63, 3.8) is 0 Å². The molecule has 0 aliphatic carbocycles. The molecule has 7 heteroatoms. The number of unbranched alkanes of at least 4 members (excludes halogenated alkanes) is 1. The highest BCUT2D eigenvalue weighted by molar-refractivity contribution is 8.00. The van der Waals surface area contributed by atoms with Gasteiger partial charge in [-0.3, -0.25) is 4.79 Å². The van der Waals surface area contributed by atoms with Gasteiger partial charge in [0.05, 0.1) is 12.1 Å². The summed E-state index contributed by atoms with van der Waals surface area (Å²) in [5.74, 6) is 1.19. The van der Waals surface area contributed by atoms with Gasteiger partial charge in [0.1, 0.15) is 0 Å². The van der Waals surface area contributed by atoms with E-state index in [0.29, 0.717) is 23.8 Å². The number of hydrogen-bond donors (Lipinski definition) is 4. The monoisotopic (exact) mass is 326 g/mol. The highest BCUT2D eigenvalue weighted by atomic mass is 32.2. The lowest BCUT2D eigenvalue weighted by molar-refractivity contribution is -0.122. The van der Waals surface area contributed by atoms with Crippen LogP contribution in [0.2, 0.25) is 0 Å². The van der Waals surface area contributed by atoms with Crippen molar-refractivity contribution >= 4 is 23.7 Å². The number of piperidine rings is 1. The largest absolute Gasteiger partial charge is 0.352 e. The maximum atomic E-state index is 11.9.